The third-order valence-corrected chi connectivity index (χ3v) is 5.41. The van der Waals surface area contributed by atoms with Crippen LogP contribution in [0.2, 0.25) is 0 Å². The summed E-state index contributed by atoms with van der Waals surface area (Å²) >= 11 is 1.71. The van der Waals surface area contributed by atoms with Crippen molar-refractivity contribution in [1.82, 2.24) is 10.2 Å². The summed E-state index contributed by atoms with van der Waals surface area (Å²) in [5.41, 5.74) is 0.754. The fourth-order valence-electron chi connectivity index (χ4n) is 2.80. The van der Waals surface area contributed by atoms with Crippen molar-refractivity contribution >= 4 is 17.7 Å². The first-order chi connectivity index (χ1) is 11.1. The molecule has 0 atom stereocenters. The molecule has 23 heavy (non-hydrogen) atoms. The summed E-state index contributed by atoms with van der Waals surface area (Å²) in [7, 11) is 2.13. The third kappa shape index (κ3) is 6.92. The SMILES string of the molecule is CN1CCC(CC(=O)NCCCSCc2ccccc2F)CC1. The lowest BCUT2D eigenvalue weighted by molar-refractivity contribution is -0.122. The van der Waals surface area contributed by atoms with Gasteiger partial charge in [0.05, 0.1) is 0 Å². The van der Waals surface area contributed by atoms with E-state index in [-0.39, 0.29) is 11.7 Å². The Morgan fingerprint density at radius 3 is 2.83 bits per heavy atom. The lowest BCUT2D eigenvalue weighted by Gasteiger charge is -2.28. The van der Waals surface area contributed by atoms with Gasteiger partial charge in [-0.2, -0.15) is 11.8 Å². The van der Waals surface area contributed by atoms with E-state index in [0.29, 0.717) is 18.1 Å². The van der Waals surface area contributed by atoms with Crippen molar-refractivity contribution in [3.8, 4) is 0 Å². The van der Waals surface area contributed by atoms with E-state index in [9.17, 15) is 9.18 Å². The maximum absolute atomic E-state index is 13.4. The molecule has 0 aliphatic carbocycles. The van der Waals surface area contributed by atoms with E-state index in [1.807, 2.05) is 12.1 Å². The number of likely N-dealkylation sites (tertiary alicyclic amines) is 1. The zero-order valence-corrected chi connectivity index (χ0v) is 14.7. The molecule has 128 valence electrons. The molecule has 5 heteroatoms. The van der Waals surface area contributed by atoms with Crippen LogP contribution in [0.15, 0.2) is 24.3 Å². The van der Waals surface area contributed by atoms with Crippen molar-refractivity contribution in [3.05, 3.63) is 35.6 Å². The van der Waals surface area contributed by atoms with Gasteiger partial charge in [-0.05, 0) is 62.7 Å². The molecule has 1 aliphatic rings. The Morgan fingerprint density at radius 2 is 2.09 bits per heavy atom. The highest BCUT2D eigenvalue weighted by Gasteiger charge is 2.19. The van der Waals surface area contributed by atoms with E-state index in [0.717, 1.165) is 50.2 Å². The molecule has 1 fully saturated rings. The van der Waals surface area contributed by atoms with Gasteiger partial charge in [0.25, 0.3) is 0 Å². The Balaban J connectivity index is 1.50. The van der Waals surface area contributed by atoms with Gasteiger partial charge in [-0.15, -0.1) is 0 Å². The highest BCUT2D eigenvalue weighted by molar-refractivity contribution is 7.98. The molecule has 3 nitrogen and oxygen atoms in total. The van der Waals surface area contributed by atoms with Gasteiger partial charge >= 0.3 is 0 Å². The molecule has 0 radical (unpaired) electrons. The lowest BCUT2D eigenvalue weighted by atomic mass is 9.93. The zero-order chi connectivity index (χ0) is 16.5. The van der Waals surface area contributed by atoms with Crippen LogP contribution in [0, 0.1) is 11.7 Å². The first-order valence-corrected chi connectivity index (χ1v) is 9.57. The predicted molar refractivity (Wildman–Crippen MR) is 95.0 cm³/mol. The molecule has 1 N–H and O–H groups in total. The average molecular weight is 338 g/mol. The summed E-state index contributed by atoms with van der Waals surface area (Å²) in [5, 5.41) is 3.01. The molecule has 1 aromatic carbocycles. The summed E-state index contributed by atoms with van der Waals surface area (Å²) in [6.45, 7) is 2.92. The monoisotopic (exact) mass is 338 g/mol. The Kier molecular flexibility index (Phi) is 7.89. The van der Waals surface area contributed by atoms with E-state index in [4.69, 9.17) is 0 Å². The number of hydrogen-bond donors (Lipinski definition) is 1. The molecule has 0 unspecified atom stereocenters. The number of nitrogens with zero attached hydrogens (tertiary/aromatic N) is 1. The van der Waals surface area contributed by atoms with Crippen LogP contribution in [0.4, 0.5) is 4.39 Å². The Morgan fingerprint density at radius 1 is 1.35 bits per heavy atom. The van der Waals surface area contributed by atoms with E-state index >= 15 is 0 Å². The van der Waals surface area contributed by atoms with Crippen LogP contribution in [-0.2, 0) is 10.5 Å². The first-order valence-electron chi connectivity index (χ1n) is 8.41. The number of rotatable bonds is 8. The topological polar surface area (TPSA) is 32.3 Å². The maximum atomic E-state index is 13.4. The van der Waals surface area contributed by atoms with Crippen molar-refractivity contribution in [2.75, 3.05) is 32.4 Å². The number of carbonyl (C=O) groups is 1. The van der Waals surface area contributed by atoms with Crippen LogP contribution in [0.5, 0.6) is 0 Å². The van der Waals surface area contributed by atoms with Crippen molar-refractivity contribution in [3.63, 3.8) is 0 Å². The van der Waals surface area contributed by atoms with Crippen LogP contribution in [0.1, 0.15) is 31.2 Å². The van der Waals surface area contributed by atoms with Crippen LogP contribution >= 0.6 is 11.8 Å². The minimum Gasteiger partial charge on any atom is -0.356 e. The van der Waals surface area contributed by atoms with Gasteiger partial charge in [-0.1, -0.05) is 18.2 Å². The molecule has 2 rings (SSSR count). The Hall–Kier alpha value is -1.07. The molecule has 0 bridgehead atoms. The molecule has 0 aromatic heterocycles. The second-order valence-electron chi connectivity index (χ2n) is 6.30. The number of piperidine rings is 1. The normalized spacial score (nSPS) is 16.4. The maximum Gasteiger partial charge on any atom is 0.220 e. The van der Waals surface area contributed by atoms with E-state index in [1.165, 1.54) is 6.07 Å². The van der Waals surface area contributed by atoms with Gasteiger partial charge in [-0.25, -0.2) is 4.39 Å². The number of carbonyl (C=O) groups excluding carboxylic acids is 1. The number of thioether (sulfide) groups is 1. The second-order valence-corrected chi connectivity index (χ2v) is 7.40. The minimum absolute atomic E-state index is 0.133. The molecular weight excluding hydrogens is 311 g/mol. The summed E-state index contributed by atoms with van der Waals surface area (Å²) < 4.78 is 13.4. The van der Waals surface area contributed by atoms with Crippen molar-refractivity contribution in [2.24, 2.45) is 5.92 Å². The van der Waals surface area contributed by atoms with Crippen LogP contribution in [-0.4, -0.2) is 43.2 Å². The zero-order valence-electron chi connectivity index (χ0n) is 13.9. The number of benzene rings is 1. The Bertz CT molecular complexity index is 490. The van der Waals surface area contributed by atoms with Crippen LogP contribution in [0.3, 0.4) is 0 Å². The van der Waals surface area contributed by atoms with Crippen LogP contribution in [0.25, 0.3) is 0 Å². The van der Waals surface area contributed by atoms with Crippen molar-refractivity contribution in [2.45, 2.75) is 31.4 Å². The van der Waals surface area contributed by atoms with Gasteiger partial charge in [0.15, 0.2) is 0 Å². The molecule has 0 spiro atoms. The summed E-state index contributed by atoms with van der Waals surface area (Å²) in [6, 6.07) is 6.90. The van der Waals surface area contributed by atoms with Crippen molar-refractivity contribution < 1.29 is 9.18 Å². The molecule has 1 aromatic rings. The van der Waals surface area contributed by atoms with Gasteiger partial charge in [0.2, 0.25) is 5.91 Å². The molecule has 1 amide bonds. The number of nitrogens with one attached hydrogen (secondary N) is 1. The fraction of sp³-hybridized carbons (Fsp3) is 0.611. The van der Waals surface area contributed by atoms with E-state index in [1.54, 1.807) is 17.8 Å². The molecule has 1 heterocycles. The largest absolute Gasteiger partial charge is 0.356 e. The fourth-order valence-corrected chi connectivity index (χ4v) is 3.75. The predicted octanol–water partition coefficient (Wildman–Crippen LogP) is 3.30. The lowest BCUT2D eigenvalue weighted by Crippen LogP contribution is -2.33. The quantitative estimate of drug-likeness (QED) is 0.738. The molecule has 1 saturated heterocycles. The van der Waals surface area contributed by atoms with Gasteiger partial charge in [-0.3, -0.25) is 4.79 Å². The standard InChI is InChI=1S/C18H27FN2OS/c1-21-10-7-15(8-11-21)13-18(22)20-9-4-12-23-14-16-5-2-3-6-17(16)19/h2-3,5-6,15H,4,7-14H2,1H3,(H,20,22). The van der Waals surface area contributed by atoms with Crippen LogP contribution < -0.4 is 5.32 Å². The average Bonchev–Trinajstić information content (AvgIpc) is 2.54. The molecular formula is C18H27FN2OS. The highest BCUT2D eigenvalue weighted by atomic mass is 32.2. The summed E-state index contributed by atoms with van der Waals surface area (Å²) in [4.78, 5) is 14.2. The third-order valence-electron chi connectivity index (χ3n) is 4.32. The number of hydrogen-bond acceptors (Lipinski definition) is 3. The molecule has 0 saturated carbocycles. The number of halogens is 1. The van der Waals surface area contributed by atoms with Crippen molar-refractivity contribution in [1.29, 1.82) is 0 Å². The second kappa shape index (κ2) is 9.93. The van der Waals surface area contributed by atoms with Gasteiger partial charge in [0.1, 0.15) is 5.82 Å². The number of amides is 1. The smallest absolute Gasteiger partial charge is 0.220 e. The summed E-state index contributed by atoms with van der Waals surface area (Å²) in [5.74, 6) is 2.21. The molecule has 1 aliphatic heterocycles. The highest BCUT2D eigenvalue weighted by Crippen LogP contribution is 2.19. The first kappa shape index (κ1) is 18.3. The van der Waals surface area contributed by atoms with E-state index < -0.39 is 0 Å². The van der Waals surface area contributed by atoms with Gasteiger partial charge in [0, 0.05) is 18.7 Å². The summed E-state index contributed by atoms with van der Waals surface area (Å²) in [6.07, 6.45) is 3.85. The van der Waals surface area contributed by atoms with Gasteiger partial charge < -0.3 is 10.2 Å². The van der Waals surface area contributed by atoms with E-state index in [2.05, 4.69) is 17.3 Å². The minimum atomic E-state index is -0.133. The Labute approximate surface area is 143 Å².